The summed E-state index contributed by atoms with van der Waals surface area (Å²) in [6, 6.07) is 8.56. The number of nitrogens with one attached hydrogen (secondary N) is 1. The second-order valence-corrected chi connectivity index (χ2v) is 6.56. The van der Waals surface area contributed by atoms with E-state index in [2.05, 4.69) is 10.3 Å². The Bertz CT molecular complexity index is 942. The summed E-state index contributed by atoms with van der Waals surface area (Å²) in [5.74, 6) is 0.381. The minimum absolute atomic E-state index is 0.109. The van der Waals surface area contributed by atoms with Crippen LogP contribution >= 0.6 is 22.9 Å². The van der Waals surface area contributed by atoms with Crippen molar-refractivity contribution in [1.29, 1.82) is 0 Å². The van der Waals surface area contributed by atoms with Crippen molar-refractivity contribution >= 4 is 44.7 Å². The van der Waals surface area contributed by atoms with Crippen LogP contribution in [0.1, 0.15) is 15.4 Å². The standard InChI is InChI=1S/C17H15ClN2O4S/c1-23-12-5-4-10(15(18)16(12)24-2)17(22)19-9-3-6-13-11(7-9)20-14(8-21)25-13/h3-7,21H,8H2,1-2H3,(H,19,22). The molecule has 130 valence electrons. The fraction of sp³-hybridized carbons (Fsp3) is 0.176. The van der Waals surface area contributed by atoms with E-state index in [1.165, 1.54) is 25.6 Å². The number of halogens is 1. The van der Waals surface area contributed by atoms with Crippen LogP contribution in [0.5, 0.6) is 11.5 Å². The highest BCUT2D eigenvalue weighted by Crippen LogP contribution is 2.37. The lowest BCUT2D eigenvalue weighted by molar-refractivity contribution is 0.102. The summed E-state index contributed by atoms with van der Waals surface area (Å²) in [6.45, 7) is -0.109. The topological polar surface area (TPSA) is 80.7 Å². The van der Waals surface area contributed by atoms with E-state index in [1.807, 2.05) is 6.07 Å². The molecule has 8 heteroatoms. The molecule has 0 saturated carbocycles. The fourth-order valence-corrected chi connectivity index (χ4v) is 3.51. The van der Waals surface area contributed by atoms with Gasteiger partial charge in [0.25, 0.3) is 5.91 Å². The van der Waals surface area contributed by atoms with E-state index in [9.17, 15) is 4.79 Å². The Kier molecular flexibility index (Phi) is 5.08. The van der Waals surface area contributed by atoms with Gasteiger partial charge >= 0.3 is 0 Å². The van der Waals surface area contributed by atoms with Crippen LogP contribution in [0.2, 0.25) is 5.02 Å². The molecule has 1 aromatic heterocycles. The second kappa shape index (κ2) is 7.26. The number of nitrogens with zero attached hydrogens (tertiary/aromatic N) is 1. The Morgan fingerprint density at radius 1 is 1.28 bits per heavy atom. The van der Waals surface area contributed by atoms with E-state index in [0.29, 0.717) is 27.7 Å². The number of benzene rings is 2. The van der Waals surface area contributed by atoms with Gasteiger partial charge in [0.1, 0.15) is 5.01 Å². The number of thiazole rings is 1. The van der Waals surface area contributed by atoms with Gasteiger partial charge in [-0.05, 0) is 30.3 Å². The van der Waals surface area contributed by atoms with E-state index >= 15 is 0 Å². The van der Waals surface area contributed by atoms with Gasteiger partial charge in [-0.15, -0.1) is 11.3 Å². The van der Waals surface area contributed by atoms with Crippen LogP contribution in [0.4, 0.5) is 5.69 Å². The number of hydrogen-bond acceptors (Lipinski definition) is 6. The molecule has 1 heterocycles. The summed E-state index contributed by atoms with van der Waals surface area (Å²) >= 11 is 7.67. The molecule has 0 aliphatic rings. The SMILES string of the molecule is COc1ccc(C(=O)Nc2ccc3sc(CO)nc3c2)c(Cl)c1OC. The highest BCUT2D eigenvalue weighted by Gasteiger charge is 2.18. The first-order valence-corrected chi connectivity index (χ1v) is 8.49. The number of aliphatic hydroxyl groups excluding tert-OH is 1. The summed E-state index contributed by atoms with van der Waals surface area (Å²) < 4.78 is 11.3. The largest absolute Gasteiger partial charge is 0.493 e. The molecule has 0 aliphatic heterocycles. The first-order valence-electron chi connectivity index (χ1n) is 7.29. The third kappa shape index (κ3) is 3.39. The van der Waals surface area contributed by atoms with Crippen molar-refractivity contribution in [2.45, 2.75) is 6.61 Å². The van der Waals surface area contributed by atoms with Crippen LogP contribution < -0.4 is 14.8 Å². The summed E-state index contributed by atoms with van der Waals surface area (Å²) in [7, 11) is 2.96. The number of aliphatic hydroxyl groups is 1. The minimum Gasteiger partial charge on any atom is -0.493 e. The molecule has 3 rings (SSSR count). The number of hydrogen-bond donors (Lipinski definition) is 2. The van der Waals surface area contributed by atoms with Gasteiger partial charge in [0.2, 0.25) is 0 Å². The van der Waals surface area contributed by atoms with E-state index in [1.54, 1.807) is 24.3 Å². The Hall–Kier alpha value is -2.35. The molecule has 0 fully saturated rings. The maximum Gasteiger partial charge on any atom is 0.257 e. The molecular weight excluding hydrogens is 364 g/mol. The maximum atomic E-state index is 12.6. The molecule has 0 unspecified atom stereocenters. The van der Waals surface area contributed by atoms with Crippen molar-refractivity contribution in [2.75, 3.05) is 19.5 Å². The zero-order valence-electron chi connectivity index (χ0n) is 13.5. The van der Waals surface area contributed by atoms with Gasteiger partial charge in [0.05, 0.1) is 41.6 Å². The number of carbonyl (C=O) groups excluding carboxylic acids is 1. The molecule has 0 saturated heterocycles. The number of amides is 1. The summed E-state index contributed by atoms with van der Waals surface area (Å²) in [4.78, 5) is 16.8. The quantitative estimate of drug-likeness (QED) is 0.707. The van der Waals surface area contributed by atoms with Crippen molar-refractivity contribution in [3.05, 3.63) is 45.9 Å². The van der Waals surface area contributed by atoms with Crippen LogP contribution in [0.15, 0.2) is 30.3 Å². The van der Waals surface area contributed by atoms with Crippen LogP contribution in [-0.2, 0) is 6.61 Å². The molecule has 0 spiro atoms. The number of rotatable bonds is 5. The molecule has 2 N–H and O–H groups in total. The lowest BCUT2D eigenvalue weighted by Crippen LogP contribution is -2.13. The summed E-state index contributed by atoms with van der Waals surface area (Å²) in [5.41, 5.74) is 1.57. The third-order valence-corrected chi connectivity index (χ3v) is 4.95. The number of anilines is 1. The monoisotopic (exact) mass is 378 g/mol. The number of ether oxygens (including phenoxy) is 2. The molecule has 3 aromatic rings. The van der Waals surface area contributed by atoms with Crippen molar-refractivity contribution in [3.63, 3.8) is 0 Å². The Balaban J connectivity index is 1.89. The molecule has 1 amide bonds. The predicted octanol–water partition coefficient (Wildman–Crippen LogP) is 3.71. The average Bonchev–Trinajstić information content (AvgIpc) is 3.03. The summed E-state index contributed by atoms with van der Waals surface area (Å²) in [5, 5.41) is 12.8. The van der Waals surface area contributed by atoms with Crippen molar-refractivity contribution < 1.29 is 19.4 Å². The molecule has 0 atom stereocenters. The third-order valence-electron chi connectivity index (χ3n) is 3.55. The van der Waals surface area contributed by atoms with E-state index in [-0.39, 0.29) is 23.1 Å². The fourth-order valence-electron chi connectivity index (χ4n) is 2.38. The molecule has 2 aromatic carbocycles. The van der Waals surface area contributed by atoms with Gasteiger partial charge in [-0.1, -0.05) is 11.6 Å². The van der Waals surface area contributed by atoms with Gasteiger partial charge in [-0.3, -0.25) is 4.79 Å². The molecule has 0 aliphatic carbocycles. The average molecular weight is 379 g/mol. The Morgan fingerprint density at radius 3 is 2.76 bits per heavy atom. The first-order chi connectivity index (χ1) is 12.1. The smallest absolute Gasteiger partial charge is 0.257 e. The zero-order chi connectivity index (χ0) is 18.0. The zero-order valence-corrected chi connectivity index (χ0v) is 15.1. The van der Waals surface area contributed by atoms with Gasteiger partial charge in [0, 0.05) is 5.69 Å². The highest BCUT2D eigenvalue weighted by atomic mass is 35.5. The molecule has 25 heavy (non-hydrogen) atoms. The van der Waals surface area contributed by atoms with E-state index < -0.39 is 0 Å². The first kappa shape index (κ1) is 17.5. The number of fused-ring (bicyclic) bond motifs is 1. The van der Waals surface area contributed by atoms with Gasteiger partial charge in [0.15, 0.2) is 11.5 Å². The minimum atomic E-state index is -0.372. The summed E-state index contributed by atoms with van der Waals surface area (Å²) in [6.07, 6.45) is 0. The van der Waals surface area contributed by atoms with Crippen LogP contribution in [-0.4, -0.2) is 30.2 Å². The van der Waals surface area contributed by atoms with Gasteiger partial charge in [-0.25, -0.2) is 4.98 Å². The highest BCUT2D eigenvalue weighted by molar-refractivity contribution is 7.18. The molecule has 0 bridgehead atoms. The Labute approximate surface area is 153 Å². The molecule has 0 radical (unpaired) electrons. The lowest BCUT2D eigenvalue weighted by Gasteiger charge is -2.12. The van der Waals surface area contributed by atoms with E-state index in [0.717, 1.165) is 4.70 Å². The maximum absolute atomic E-state index is 12.6. The van der Waals surface area contributed by atoms with Crippen LogP contribution in [0, 0.1) is 0 Å². The molecule has 6 nitrogen and oxygen atoms in total. The van der Waals surface area contributed by atoms with Crippen LogP contribution in [0.25, 0.3) is 10.2 Å². The van der Waals surface area contributed by atoms with Gasteiger partial charge in [-0.2, -0.15) is 0 Å². The number of carbonyl (C=O) groups is 1. The van der Waals surface area contributed by atoms with Crippen molar-refractivity contribution in [3.8, 4) is 11.5 Å². The number of aromatic nitrogens is 1. The van der Waals surface area contributed by atoms with Crippen molar-refractivity contribution in [2.24, 2.45) is 0 Å². The normalized spacial score (nSPS) is 10.7. The van der Waals surface area contributed by atoms with Crippen LogP contribution in [0.3, 0.4) is 0 Å². The predicted molar refractivity (Wildman–Crippen MR) is 98.1 cm³/mol. The number of methoxy groups -OCH3 is 2. The van der Waals surface area contributed by atoms with E-state index in [4.69, 9.17) is 26.2 Å². The second-order valence-electron chi connectivity index (χ2n) is 5.06. The molecular formula is C17H15ClN2O4S. The van der Waals surface area contributed by atoms with Gasteiger partial charge < -0.3 is 19.9 Å². The Morgan fingerprint density at radius 2 is 2.08 bits per heavy atom. The van der Waals surface area contributed by atoms with Crippen molar-refractivity contribution in [1.82, 2.24) is 4.98 Å². The lowest BCUT2D eigenvalue weighted by atomic mass is 10.1.